The van der Waals surface area contributed by atoms with E-state index < -0.39 is 9.84 Å². The first-order valence-corrected chi connectivity index (χ1v) is 6.11. The largest absolute Gasteiger partial charge is 0.229 e. The van der Waals surface area contributed by atoms with Crippen molar-refractivity contribution < 1.29 is 8.42 Å². The lowest BCUT2D eigenvalue weighted by molar-refractivity contribution is 0.593. The fourth-order valence-electron chi connectivity index (χ4n) is 0.187. The third-order valence-corrected chi connectivity index (χ3v) is 4.94. The molecule has 0 aliphatic rings. The highest BCUT2D eigenvalue weighted by molar-refractivity contribution is 9.24. The summed E-state index contributed by atoms with van der Waals surface area (Å²) in [6.07, 6.45) is 1.22. The van der Waals surface area contributed by atoms with Gasteiger partial charge in [-0.2, -0.15) is 0 Å². The number of hydrogen-bond acceptors (Lipinski definition) is 2. The summed E-state index contributed by atoms with van der Waals surface area (Å²) in [5.74, 6) is 0. The van der Waals surface area contributed by atoms with Gasteiger partial charge in [-0.1, -0.05) is 31.9 Å². The molecule has 0 radical (unpaired) electrons. The van der Waals surface area contributed by atoms with Gasteiger partial charge in [-0.05, 0) is 6.92 Å². The molecule has 1 unspecified atom stereocenters. The Bertz CT molecular complexity index is 173. The van der Waals surface area contributed by atoms with Crippen molar-refractivity contribution in [2.45, 2.75) is 15.9 Å². The zero-order chi connectivity index (χ0) is 7.65. The molecular weight excluding hydrogens is 272 g/mol. The van der Waals surface area contributed by atoms with Crippen molar-refractivity contribution in [3.05, 3.63) is 0 Å². The molecule has 0 aromatic heterocycles. The SMILES string of the molecule is CC(C(Br)Br)S(C)(=O)=O. The second kappa shape index (κ2) is 3.34. The zero-order valence-electron chi connectivity index (χ0n) is 5.14. The van der Waals surface area contributed by atoms with Crippen LogP contribution in [0.1, 0.15) is 6.92 Å². The molecule has 0 spiro atoms. The van der Waals surface area contributed by atoms with E-state index in [0.29, 0.717) is 0 Å². The molecule has 0 aliphatic carbocycles. The molecule has 0 bridgehead atoms. The molecule has 0 heterocycles. The first kappa shape index (κ1) is 9.91. The average molecular weight is 280 g/mol. The van der Waals surface area contributed by atoms with Gasteiger partial charge in [0.15, 0.2) is 9.84 Å². The smallest absolute Gasteiger partial charge is 0.151 e. The van der Waals surface area contributed by atoms with E-state index in [2.05, 4.69) is 31.9 Å². The van der Waals surface area contributed by atoms with Crippen molar-refractivity contribution in [1.29, 1.82) is 0 Å². The third kappa shape index (κ3) is 3.57. The summed E-state index contributed by atoms with van der Waals surface area (Å²) in [4.78, 5) is 0. The lowest BCUT2D eigenvalue weighted by atomic mass is 10.6. The molecule has 0 saturated carbocycles. The first-order valence-electron chi connectivity index (χ1n) is 2.32. The van der Waals surface area contributed by atoms with Crippen molar-refractivity contribution in [3.8, 4) is 0 Å². The van der Waals surface area contributed by atoms with Crippen molar-refractivity contribution in [2.75, 3.05) is 6.26 Å². The van der Waals surface area contributed by atoms with Crippen LogP contribution in [0.2, 0.25) is 0 Å². The van der Waals surface area contributed by atoms with Crippen LogP contribution in [0.3, 0.4) is 0 Å². The molecule has 2 nitrogen and oxygen atoms in total. The van der Waals surface area contributed by atoms with Crippen LogP contribution in [-0.4, -0.2) is 23.7 Å². The summed E-state index contributed by atoms with van der Waals surface area (Å²) < 4.78 is 21.3. The number of hydrogen-bond donors (Lipinski definition) is 0. The molecular formula is C4H8Br2O2S. The Morgan fingerprint density at radius 1 is 1.33 bits per heavy atom. The fraction of sp³-hybridized carbons (Fsp3) is 1.00. The number of alkyl halides is 2. The minimum atomic E-state index is -2.90. The van der Waals surface area contributed by atoms with Gasteiger partial charge in [0.25, 0.3) is 0 Å². The highest BCUT2D eigenvalue weighted by Crippen LogP contribution is 2.18. The first-order chi connectivity index (χ1) is 3.85. The fourth-order valence-corrected chi connectivity index (χ4v) is 2.91. The van der Waals surface area contributed by atoms with Crippen LogP contribution in [0.25, 0.3) is 0 Å². The van der Waals surface area contributed by atoms with Crippen molar-refractivity contribution in [1.82, 2.24) is 0 Å². The summed E-state index contributed by atoms with van der Waals surface area (Å²) in [5, 5.41) is -0.377. The van der Waals surface area contributed by atoms with E-state index in [0.717, 1.165) is 0 Å². The topological polar surface area (TPSA) is 34.1 Å². The minimum absolute atomic E-state index is 0.153. The Kier molecular flexibility index (Phi) is 3.68. The quantitative estimate of drug-likeness (QED) is 0.719. The molecule has 0 aliphatic heterocycles. The van der Waals surface area contributed by atoms with Gasteiger partial charge in [0, 0.05) is 6.26 Å². The molecule has 0 rings (SSSR count). The standard InChI is InChI=1S/C4H8Br2O2S/c1-3(4(5)6)9(2,7)8/h3-4H,1-2H3. The third-order valence-electron chi connectivity index (χ3n) is 1.03. The molecule has 0 N–H and O–H groups in total. The molecule has 0 fully saturated rings. The molecule has 5 heteroatoms. The summed E-state index contributed by atoms with van der Waals surface area (Å²) in [5.41, 5.74) is 0. The van der Waals surface area contributed by atoms with E-state index in [4.69, 9.17) is 0 Å². The summed E-state index contributed by atoms with van der Waals surface area (Å²) >= 11 is 6.23. The Balaban J connectivity index is 4.24. The Hall–Kier alpha value is 0.910. The Labute approximate surface area is 72.2 Å². The maximum atomic E-state index is 10.7. The predicted octanol–water partition coefficient (Wildman–Crippen LogP) is 1.54. The summed E-state index contributed by atoms with van der Waals surface area (Å²) in [7, 11) is -2.90. The van der Waals surface area contributed by atoms with E-state index in [1.807, 2.05) is 0 Å². The van der Waals surface area contributed by atoms with E-state index in [1.165, 1.54) is 6.26 Å². The van der Waals surface area contributed by atoms with Crippen molar-refractivity contribution in [3.63, 3.8) is 0 Å². The molecule has 0 saturated heterocycles. The van der Waals surface area contributed by atoms with Gasteiger partial charge in [-0.15, -0.1) is 0 Å². The molecule has 9 heavy (non-hydrogen) atoms. The molecule has 56 valence electrons. The van der Waals surface area contributed by atoms with Crippen molar-refractivity contribution >= 4 is 41.7 Å². The van der Waals surface area contributed by atoms with Crippen molar-refractivity contribution in [2.24, 2.45) is 0 Å². The predicted molar refractivity (Wildman–Crippen MR) is 45.9 cm³/mol. The second-order valence-corrected chi connectivity index (χ2v) is 7.47. The Morgan fingerprint density at radius 2 is 1.67 bits per heavy atom. The van der Waals surface area contributed by atoms with Gasteiger partial charge >= 0.3 is 0 Å². The van der Waals surface area contributed by atoms with Gasteiger partial charge in [-0.3, -0.25) is 0 Å². The van der Waals surface area contributed by atoms with Gasteiger partial charge in [0.2, 0.25) is 0 Å². The number of halogens is 2. The van der Waals surface area contributed by atoms with Crippen LogP contribution in [0.5, 0.6) is 0 Å². The van der Waals surface area contributed by atoms with Crippen LogP contribution in [0.15, 0.2) is 0 Å². The number of rotatable bonds is 2. The average Bonchev–Trinajstić information content (AvgIpc) is 1.62. The van der Waals surface area contributed by atoms with Crippen LogP contribution >= 0.6 is 31.9 Å². The maximum absolute atomic E-state index is 10.7. The summed E-state index contributed by atoms with van der Waals surface area (Å²) in [6.45, 7) is 1.64. The van der Waals surface area contributed by atoms with Gasteiger partial charge in [0.1, 0.15) is 0 Å². The second-order valence-electron chi connectivity index (χ2n) is 1.87. The van der Waals surface area contributed by atoms with Crippen LogP contribution < -0.4 is 0 Å². The molecule has 1 atom stereocenters. The normalized spacial score (nSPS) is 16.1. The lowest BCUT2D eigenvalue weighted by Gasteiger charge is -2.08. The molecule has 0 aromatic rings. The van der Waals surface area contributed by atoms with Crippen LogP contribution in [-0.2, 0) is 9.84 Å². The van der Waals surface area contributed by atoms with E-state index >= 15 is 0 Å². The van der Waals surface area contributed by atoms with Crippen LogP contribution in [0, 0.1) is 0 Å². The summed E-state index contributed by atoms with van der Waals surface area (Å²) in [6, 6.07) is 0. The van der Waals surface area contributed by atoms with Gasteiger partial charge < -0.3 is 0 Å². The number of sulfone groups is 1. The highest BCUT2D eigenvalue weighted by Gasteiger charge is 2.20. The van der Waals surface area contributed by atoms with Gasteiger partial charge in [-0.25, -0.2) is 8.42 Å². The van der Waals surface area contributed by atoms with E-state index in [9.17, 15) is 8.42 Å². The molecule has 0 aromatic carbocycles. The lowest BCUT2D eigenvalue weighted by Crippen LogP contribution is -2.21. The van der Waals surface area contributed by atoms with E-state index in [-0.39, 0.29) is 8.99 Å². The monoisotopic (exact) mass is 278 g/mol. The zero-order valence-corrected chi connectivity index (χ0v) is 9.12. The maximum Gasteiger partial charge on any atom is 0.151 e. The van der Waals surface area contributed by atoms with E-state index in [1.54, 1.807) is 6.92 Å². The van der Waals surface area contributed by atoms with Crippen LogP contribution in [0.4, 0.5) is 0 Å². The minimum Gasteiger partial charge on any atom is -0.229 e. The van der Waals surface area contributed by atoms with Gasteiger partial charge in [0.05, 0.1) is 8.99 Å². The molecule has 0 amide bonds. The Morgan fingerprint density at radius 3 is 1.67 bits per heavy atom. The highest BCUT2D eigenvalue weighted by atomic mass is 79.9.